The summed E-state index contributed by atoms with van der Waals surface area (Å²) in [4.78, 5) is 2.62. The Morgan fingerprint density at radius 3 is 2.08 bits per heavy atom. The van der Waals surface area contributed by atoms with Crippen LogP contribution in [-0.4, -0.2) is 24.5 Å². The first-order valence-corrected chi connectivity index (χ1v) is 5.77. The van der Waals surface area contributed by atoms with Gasteiger partial charge in [-0.1, -0.05) is 38.3 Å². The van der Waals surface area contributed by atoms with Gasteiger partial charge >= 0.3 is 0 Å². The molecule has 0 spiro atoms. The molecule has 0 unspecified atom stereocenters. The molecule has 0 saturated heterocycles. The van der Waals surface area contributed by atoms with Crippen molar-refractivity contribution >= 4 is 0 Å². The molecule has 0 aromatic carbocycles. The Kier molecular flexibility index (Phi) is 5.14. The summed E-state index contributed by atoms with van der Waals surface area (Å²) in [5.74, 6) is 0. The molecule has 13 heavy (non-hydrogen) atoms. The highest BCUT2D eigenvalue weighted by Gasteiger charge is 2.11. The van der Waals surface area contributed by atoms with Gasteiger partial charge in [0.15, 0.2) is 0 Å². The van der Waals surface area contributed by atoms with Crippen LogP contribution in [0.15, 0.2) is 11.6 Å². The molecular weight excluding hydrogens is 158 g/mol. The Labute approximate surface area is 82.8 Å². The first kappa shape index (κ1) is 10.8. The fourth-order valence-corrected chi connectivity index (χ4v) is 1.52. The van der Waals surface area contributed by atoms with E-state index in [0.717, 1.165) is 0 Å². The van der Waals surface area contributed by atoms with Gasteiger partial charge in [0.05, 0.1) is 0 Å². The van der Waals surface area contributed by atoms with Gasteiger partial charge in [-0.25, -0.2) is 0 Å². The van der Waals surface area contributed by atoms with E-state index in [9.17, 15) is 0 Å². The van der Waals surface area contributed by atoms with Crippen LogP contribution in [0.1, 0.15) is 46.0 Å². The molecule has 0 saturated carbocycles. The van der Waals surface area contributed by atoms with Gasteiger partial charge in [-0.2, -0.15) is 0 Å². The number of hydrogen-bond donors (Lipinski definition) is 0. The zero-order valence-electron chi connectivity index (χ0n) is 9.18. The van der Waals surface area contributed by atoms with Gasteiger partial charge in [-0.15, -0.1) is 0 Å². The SMILES string of the molecule is CCCCN(CCCC)CC1=CC1. The van der Waals surface area contributed by atoms with Gasteiger partial charge in [0.1, 0.15) is 0 Å². The summed E-state index contributed by atoms with van der Waals surface area (Å²) >= 11 is 0. The third-order valence-corrected chi connectivity index (χ3v) is 2.58. The highest BCUT2D eigenvalue weighted by molar-refractivity contribution is 5.23. The summed E-state index contributed by atoms with van der Waals surface area (Å²) in [5, 5.41) is 0. The van der Waals surface area contributed by atoms with E-state index in [0.29, 0.717) is 0 Å². The zero-order chi connectivity index (χ0) is 9.52. The smallest absolute Gasteiger partial charge is 0.0196 e. The van der Waals surface area contributed by atoms with Gasteiger partial charge in [0.2, 0.25) is 0 Å². The summed E-state index contributed by atoms with van der Waals surface area (Å²) in [5.41, 5.74) is 1.66. The molecule has 0 aromatic rings. The first-order valence-electron chi connectivity index (χ1n) is 5.77. The molecule has 0 heterocycles. The summed E-state index contributed by atoms with van der Waals surface area (Å²) in [6.45, 7) is 8.39. The quantitative estimate of drug-likeness (QED) is 0.520. The van der Waals surface area contributed by atoms with E-state index in [-0.39, 0.29) is 0 Å². The minimum atomic E-state index is 1.25. The minimum absolute atomic E-state index is 1.25. The van der Waals surface area contributed by atoms with Crippen molar-refractivity contribution in [3.05, 3.63) is 11.6 Å². The molecule has 0 amide bonds. The molecule has 0 N–H and O–H groups in total. The molecule has 1 aliphatic rings. The lowest BCUT2D eigenvalue weighted by atomic mass is 10.2. The van der Waals surface area contributed by atoms with E-state index in [1.54, 1.807) is 5.57 Å². The molecule has 0 fully saturated rings. The average Bonchev–Trinajstić information content (AvgIpc) is 2.93. The molecule has 0 bridgehead atoms. The number of allylic oxidation sites excluding steroid dienone is 1. The van der Waals surface area contributed by atoms with Gasteiger partial charge in [-0.05, 0) is 32.4 Å². The predicted molar refractivity (Wildman–Crippen MR) is 59.0 cm³/mol. The Morgan fingerprint density at radius 1 is 1.15 bits per heavy atom. The van der Waals surface area contributed by atoms with Gasteiger partial charge in [-0.3, -0.25) is 4.90 Å². The molecule has 1 aliphatic carbocycles. The standard InChI is InChI=1S/C12H23N/c1-3-5-9-13(10-6-4-2)11-12-7-8-12/h7H,3-6,8-11H2,1-2H3. The van der Waals surface area contributed by atoms with E-state index < -0.39 is 0 Å². The van der Waals surface area contributed by atoms with Crippen molar-refractivity contribution in [2.24, 2.45) is 0 Å². The maximum Gasteiger partial charge on any atom is 0.0196 e. The third-order valence-electron chi connectivity index (χ3n) is 2.58. The average molecular weight is 181 g/mol. The Bertz CT molecular complexity index is 153. The molecule has 1 nitrogen and oxygen atoms in total. The summed E-state index contributed by atoms with van der Waals surface area (Å²) < 4.78 is 0. The van der Waals surface area contributed by atoms with Crippen molar-refractivity contribution < 1.29 is 0 Å². The largest absolute Gasteiger partial charge is 0.299 e. The highest BCUT2D eigenvalue weighted by atomic mass is 15.1. The molecule has 1 heteroatoms. The van der Waals surface area contributed by atoms with Crippen LogP contribution in [0.4, 0.5) is 0 Å². The van der Waals surface area contributed by atoms with Crippen molar-refractivity contribution in [2.45, 2.75) is 46.0 Å². The molecule has 0 aromatic heterocycles. The Balaban J connectivity index is 2.12. The van der Waals surface area contributed by atoms with Crippen molar-refractivity contribution in [1.29, 1.82) is 0 Å². The third kappa shape index (κ3) is 5.09. The van der Waals surface area contributed by atoms with Crippen molar-refractivity contribution in [1.82, 2.24) is 4.90 Å². The molecular formula is C12H23N. The molecule has 0 radical (unpaired) electrons. The van der Waals surface area contributed by atoms with E-state index >= 15 is 0 Å². The zero-order valence-corrected chi connectivity index (χ0v) is 9.18. The van der Waals surface area contributed by atoms with Crippen LogP contribution in [0, 0.1) is 0 Å². The van der Waals surface area contributed by atoms with Crippen LogP contribution >= 0.6 is 0 Å². The normalized spacial score (nSPS) is 14.8. The van der Waals surface area contributed by atoms with E-state index in [1.807, 2.05) is 0 Å². The number of nitrogens with zero attached hydrogens (tertiary/aromatic N) is 1. The fraction of sp³-hybridized carbons (Fsp3) is 0.833. The molecule has 0 atom stereocenters. The van der Waals surface area contributed by atoms with Crippen LogP contribution in [-0.2, 0) is 0 Å². The second kappa shape index (κ2) is 6.20. The molecule has 0 aliphatic heterocycles. The molecule has 76 valence electrons. The highest BCUT2D eigenvalue weighted by Crippen LogP contribution is 2.19. The second-order valence-corrected chi connectivity index (χ2v) is 4.05. The predicted octanol–water partition coefficient (Wildman–Crippen LogP) is 3.22. The summed E-state index contributed by atoms with van der Waals surface area (Å²) in [6.07, 6.45) is 9.00. The topological polar surface area (TPSA) is 3.24 Å². The van der Waals surface area contributed by atoms with Crippen LogP contribution in [0.2, 0.25) is 0 Å². The summed E-state index contributed by atoms with van der Waals surface area (Å²) in [7, 11) is 0. The van der Waals surface area contributed by atoms with E-state index in [1.165, 1.54) is 51.7 Å². The lowest BCUT2D eigenvalue weighted by molar-refractivity contribution is 0.288. The maximum atomic E-state index is 2.62. The van der Waals surface area contributed by atoms with E-state index in [4.69, 9.17) is 0 Å². The number of hydrogen-bond acceptors (Lipinski definition) is 1. The van der Waals surface area contributed by atoms with Crippen LogP contribution < -0.4 is 0 Å². The van der Waals surface area contributed by atoms with Crippen molar-refractivity contribution in [3.63, 3.8) is 0 Å². The first-order chi connectivity index (χ1) is 6.36. The summed E-state index contributed by atoms with van der Waals surface area (Å²) in [6, 6.07) is 0. The van der Waals surface area contributed by atoms with E-state index in [2.05, 4.69) is 24.8 Å². The van der Waals surface area contributed by atoms with Crippen LogP contribution in [0.5, 0.6) is 0 Å². The van der Waals surface area contributed by atoms with Crippen LogP contribution in [0.25, 0.3) is 0 Å². The lowest BCUT2D eigenvalue weighted by Crippen LogP contribution is -2.26. The lowest BCUT2D eigenvalue weighted by Gasteiger charge is -2.20. The Hall–Kier alpha value is -0.300. The number of unbranched alkanes of at least 4 members (excludes halogenated alkanes) is 2. The van der Waals surface area contributed by atoms with Gasteiger partial charge in [0, 0.05) is 6.54 Å². The maximum absolute atomic E-state index is 2.62. The van der Waals surface area contributed by atoms with Crippen molar-refractivity contribution in [2.75, 3.05) is 19.6 Å². The van der Waals surface area contributed by atoms with Gasteiger partial charge in [0.25, 0.3) is 0 Å². The second-order valence-electron chi connectivity index (χ2n) is 4.05. The Morgan fingerprint density at radius 2 is 1.69 bits per heavy atom. The van der Waals surface area contributed by atoms with Crippen molar-refractivity contribution in [3.8, 4) is 0 Å². The number of rotatable bonds is 8. The molecule has 1 rings (SSSR count). The fourth-order valence-electron chi connectivity index (χ4n) is 1.52. The monoisotopic (exact) mass is 181 g/mol. The van der Waals surface area contributed by atoms with Crippen LogP contribution in [0.3, 0.4) is 0 Å². The minimum Gasteiger partial charge on any atom is -0.299 e. The van der Waals surface area contributed by atoms with Gasteiger partial charge < -0.3 is 0 Å².